The van der Waals surface area contributed by atoms with Crippen molar-refractivity contribution in [1.82, 2.24) is 14.7 Å². The molecule has 3 rings (SSSR count). The smallest absolute Gasteiger partial charge is 0.257 e. The molecule has 0 bridgehead atoms. The second-order valence-electron chi connectivity index (χ2n) is 6.73. The summed E-state index contributed by atoms with van der Waals surface area (Å²) in [4.78, 5) is 15.1. The minimum Gasteiger partial charge on any atom is -0.393 e. The Kier molecular flexibility index (Phi) is 4.26. The molecule has 1 aliphatic heterocycles. The summed E-state index contributed by atoms with van der Waals surface area (Å²) in [5.41, 5.74) is 2.55. The van der Waals surface area contributed by atoms with Gasteiger partial charge in [0.25, 0.3) is 5.91 Å². The molecular formula is C17H27N3O2. The van der Waals surface area contributed by atoms with Gasteiger partial charge in [0.1, 0.15) is 0 Å². The third-order valence-electron chi connectivity index (χ3n) is 5.48. The first-order valence-corrected chi connectivity index (χ1v) is 8.57. The van der Waals surface area contributed by atoms with E-state index in [1.807, 2.05) is 30.4 Å². The van der Waals surface area contributed by atoms with Crippen LogP contribution in [0, 0.1) is 19.8 Å². The van der Waals surface area contributed by atoms with Crippen LogP contribution in [0.5, 0.6) is 0 Å². The molecule has 5 nitrogen and oxygen atoms in total. The second kappa shape index (κ2) is 6.03. The topological polar surface area (TPSA) is 58.4 Å². The molecule has 3 unspecified atom stereocenters. The van der Waals surface area contributed by atoms with Gasteiger partial charge in [0.15, 0.2) is 0 Å². The molecule has 1 aliphatic carbocycles. The Bertz CT molecular complexity index is 566. The zero-order valence-electron chi connectivity index (χ0n) is 13.9. The van der Waals surface area contributed by atoms with Crippen LogP contribution in [0.25, 0.3) is 0 Å². The molecule has 1 amide bonds. The van der Waals surface area contributed by atoms with E-state index < -0.39 is 0 Å². The van der Waals surface area contributed by atoms with Crippen LogP contribution < -0.4 is 0 Å². The number of amides is 1. The quantitative estimate of drug-likeness (QED) is 0.932. The Labute approximate surface area is 132 Å². The summed E-state index contributed by atoms with van der Waals surface area (Å²) < 4.78 is 1.90. The average molecular weight is 305 g/mol. The van der Waals surface area contributed by atoms with Crippen LogP contribution in [0.3, 0.4) is 0 Å². The van der Waals surface area contributed by atoms with Crippen molar-refractivity contribution in [3.05, 3.63) is 17.0 Å². The number of aryl methyl sites for hydroxylation is 2. The fourth-order valence-electron chi connectivity index (χ4n) is 4.37. The SMILES string of the molecule is CCn1nc(C)c(C(=O)N2CCCC2C2CCCC2O)c1C. The Morgan fingerprint density at radius 3 is 2.64 bits per heavy atom. The molecule has 1 saturated carbocycles. The van der Waals surface area contributed by atoms with Gasteiger partial charge in [0, 0.05) is 30.7 Å². The van der Waals surface area contributed by atoms with E-state index in [9.17, 15) is 9.90 Å². The number of aliphatic hydroxyl groups excluding tert-OH is 1. The summed E-state index contributed by atoms with van der Waals surface area (Å²) in [5.74, 6) is 0.365. The Morgan fingerprint density at radius 1 is 1.27 bits per heavy atom. The third kappa shape index (κ3) is 2.45. The van der Waals surface area contributed by atoms with Crippen LogP contribution in [0.1, 0.15) is 60.8 Å². The average Bonchev–Trinajstić information content (AvgIpc) is 3.17. The first kappa shape index (κ1) is 15.5. The molecule has 2 aliphatic rings. The maximum atomic E-state index is 13.1. The van der Waals surface area contributed by atoms with E-state index in [4.69, 9.17) is 0 Å². The molecule has 0 spiro atoms. The van der Waals surface area contributed by atoms with Gasteiger partial charge < -0.3 is 10.0 Å². The highest BCUT2D eigenvalue weighted by molar-refractivity contribution is 5.96. The second-order valence-corrected chi connectivity index (χ2v) is 6.73. The highest BCUT2D eigenvalue weighted by Crippen LogP contribution is 2.36. The first-order chi connectivity index (χ1) is 10.5. The van der Waals surface area contributed by atoms with E-state index >= 15 is 0 Å². The minimum absolute atomic E-state index is 0.108. The lowest BCUT2D eigenvalue weighted by Crippen LogP contribution is -2.42. The Hall–Kier alpha value is -1.36. The number of nitrogens with zero attached hydrogens (tertiary/aromatic N) is 3. The molecule has 1 aromatic rings. The van der Waals surface area contributed by atoms with E-state index in [1.165, 1.54) is 0 Å². The Balaban J connectivity index is 1.86. The zero-order chi connectivity index (χ0) is 15.9. The summed E-state index contributed by atoms with van der Waals surface area (Å²) in [6.45, 7) is 7.53. The van der Waals surface area contributed by atoms with Crippen molar-refractivity contribution in [3.63, 3.8) is 0 Å². The molecule has 122 valence electrons. The lowest BCUT2D eigenvalue weighted by atomic mass is 9.93. The van der Waals surface area contributed by atoms with Gasteiger partial charge in [-0.3, -0.25) is 9.48 Å². The summed E-state index contributed by atoms with van der Waals surface area (Å²) >= 11 is 0. The first-order valence-electron chi connectivity index (χ1n) is 8.57. The van der Waals surface area contributed by atoms with Gasteiger partial charge in [-0.1, -0.05) is 6.42 Å². The van der Waals surface area contributed by atoms with E-state index in [-0.39, 0.29) is 24.0 Å². The monoisotopic (exact) mass is 305 g/mol. The van der Waals surface area contributed by atoms with Crippen molar-refractivity contribution in [2.24, 2.45) is 5.92 Å². The molecule has 1 N–H and O–H groups in total. The molecule has 1 aromatic heterocycles. The van der Waals surface area contributed by atoms with Crippen molar-refractivity contribution in [3.8, 4) is 0 Å². The molecular weight excluding hydrogens is 278 g/mol. The van der Waals surface area contributed by atoms with Gasteiger partial charge in [0.05, 0.1) is 17.4 Å². The highest BCUT2D eigenvalue weighted by Gasteiger charge is 2.41. The molecule has 0 aromatic carbocycles. The fraction of sp³-hybridized carbons (Fsp3) is 0.765. The fourth-order valence-corrected chi connectivity index (χ4v) is 4.37. The zero-order valence-corrected chi connectivity index (χ0v) is 13.9. The summed E-state index contributed by atoms with van der Waals surface area (Å²) in [7, 11) is 0. The molecule has 1 saturated heterocycles. The maximum Gasteiger partial charge on any atom is 0.257 e. The summed E-state index contributed by atoms with van der Waals surface area (Å²) in [6.07, 6.45) is 4.83. The van der Waals surface area contributed by atoms with Crippen molar-refractivity contribution in [1.29, 1.82) is 0 Å². The number of carbonyl (C=O) groups excluding carboxylic acids is 1. The molecule has 22 heavy (non-hydrogen) atoms. The molecule has 5 heteroatoms. The van der Waals surface area contributed by atoms with Crippen molar-refractivity contribution < 1.29 is 9.90 Å². The lowest BCUT2D eigenvalue weighted by Gasteiger charge is -2.31. The summed E-state index contributed by atoms with van der Waals surface area (Å²) in [6, 6.07) is 0.203. The number of rotatable bonds is 3. The van der Waals surface area contributed by atoms with Crippen molar-refractivity contribution >= 4 is 5.91 Å². The normalized spacial score (nSPS) is 28.5. The highest BCUT2D eigenvalue weighted by atomic mass is 16.3. The van der Waals surface area contributed by atoms with Gasteiger partial charge in [-0.25, -0.2) is 0 Å². The van der Waals surface area contributed by atoms with Gasteiger partial charge in [-0.05, 0) is 46.5 Å². The van der Waals surface area contributed by atoms with Crippen molar-refractivity contribution in [2.45, 2.75) is 71.6 Å². The van der Waals surface area contributed by atoms with E-state index in [1.54, 1.807) is 0 Å². The standard InChI is InChI=1S/C17H27N3O2/c1-4-20-12(3)16(11(2)18-20)17(22)19-10-6-8-14(19)13-7-5-9-15(13)21/h13-15,21H,4-10H2,1-3H3. The molecule has 2 heterocycles. The largest absolute Gasteiger partial charge is 0.393 e. The van der Waals surface area contributed by atoms with Crippen LogP contribution in [0.2, 0.25) is 0 Å². The van der Waals surface area contributed by atoms with E-state index in [2.05, 4.69) is 5.10 Å². The number of aliphatic hydroxyl groups is 1. The summed E-state index contributed by atoms with van der Waals surface area (Å²) in [5, 5.41) is 14.7. The van der Waals surface area contributed by atoms with E-state index in [0.29, 0.717) is 0 Å². The molecule has 0 radical (unpaired) electrons. The van der Waals surface area contributed by atoms with E-state index in [0.717, 1.165) is 62.1 Å². The van der Waals surface area contributed by atoms with Gasteiger partial charge in [-0.15, -0.1) is 0 Å². The van der Waals surface area contributed by atoms with Crippen LogP contribution >= 0.6 is 0 Å². The van der Waals surface area contributed by atoms with Crippen molar-refractivity contribution in [2.75, 3.05) is 6.54 Å². The van der Waals surface area contributed by atoms with Crippen LogP contribution in [-0.2, 0) is 6.54 Å². The third-order valence-corrected chi connectivity index (χ3v) is 5.48. The van der Waals surface area contributed by atoms with Gasteiger partial charge >= 0.3 is 0 Å². The molecule has 3 atom stereocenters. The number of aromatic nitrogens is 2. The number of carbonyl (C=O) groups is 1. The number of hydrogen-bond acceptors (Lipinski definition) is 3. The van der Waals surface area contributed by atoms with Crippen LogP contribution in [-0.4, -0.2) is 44.4 Å². The number of likely N-dealkylation sites (tertiary alicyclic amines) is 1. The molecule has 2 fully saturated rings. The predicted molar refractivity (Wildman–Crippen MR) is 84.8 cm³/mol. The Morgan fingerprint density at radius 2 is 2.05 bits per heavy atom. The van der Waals surface area contributed by atoms with Gasteiger partial charge in [0.2, 0.25) is 0 Å². The van der Waals surface area contributed by atoms with Crippen LogP contribution in [0.4, 0.5) is 0 Å². The van der Waals surface area contributed by atoms with Gasteiger partial charge in [-0.2, -0.15) is 5.10 Å². The lowest BCUT2D eigenvalue weighted by molar-refractivity contribution is 0.0526. The predicted octanol–water partition coefficient (Wildman–Crippen LogP) is 2.29. The number of hydrogen-bond donors (Lipinski definition) is 1. The maximum absolute atomic E-state index is 13.1. The van der Waals surface area contributed by atoms with Crippen LogP contribution in [0.15, 0.2) is 0 Å². The minimum atomic E-state index is -0.237.